The van der Waals surface area contributed by atoms with Gasteiger partial charge in [0.15, 0.2) is 0 Å². The van der Waals surface area contributed by atoms with E-state index in [4.69, 9.17) is 0 Å². The fraction of sp³-hybridized carbons (Fsp3) is 0.412. The number of nitrogens with one attached hydrogen (secondary N) is 2. The van der Waals surface area contributed by atoms with Crippen LogP contribution in [0.5, 0.6) is 0 Å². The highest BCUT2D eigenvalue weighted by molar-refractivity contribution is 5.74. The first kappa shape index (κ1) is 16.2. The van der Waals surface area contributed by atoms with Crippen molar-refractivity contribution in [3.05, 3.63) is 56.1 Å². The number of anilines is 2. The molecule has 2 aromatic carbocycles. The zero-order valence-corrected chi connectivity index (χ0v) is 13.3. The van der Waals surface area contributed by atoms with E-state index in [1.165, 1.54) is 12.1 Å². The predicted octanol–water partition coefficient (Wildman–Crippen LogP) is 2.88. The first-order valence-electron chi connectivity index (χ1n) is 7.28. The van der Waals surface area contributed by atoms with Gasteiger partial charge in [-0.15, -0.1) is 0 Å². The van der Waals surface area contributed by atoms with E-state index in [0.717, 1.165) is 5.56 Å². The zero-order valence-electron chi connectivity index (χ0n) is 13.3. The molecule has 5 heteroatoms. The van der Waals surface area contributed by atoms with E-state index in [-0.39, 0.29) is 17.3 Å². The van der Waals surface area contributed by atoms with Gasteiger partial charge in [-0.3, -0.25) is 9.59 Å². The Morgan fingerprint density at radius 1 is 1.05 bits per heavy atom. The van der Waals surface area contributed by atoms with Crippen molar-refractivity contribution in [1.29, 1.82) is 0 Å². The molecule has 1 unspecified atom stereocenters. The Hall–Kier alpha value is -2.17. The molecule has 0 bridgehead atoms. The fourth-order valence-corrected chi connectivity index (χ4v) is 1.92. The molecule has 0 aliphatic heterocycles. The molecule has 0 saturated heterocycles. The predicted molar refractivity (Wildman–Crippen MR) is 87.6 cm³/mol. The lowest BCUT2D eigenvalue weighted by molar-refractivity contribution is 0.359. The summed E-state index contributed by atoms with van der Waals surface area (Å²) in [5.74, 6) is -0.306. The Morgan fingerprint density at radius 2 is 1.59 bits per heavy atom. The highest BCUT2D eigenvalue weighted by atomic mass is 19.1. The average molecular weight is 304 g/mol. The van der Waals surface area contributed by atoms with E-state index in [1.807, 2.05) is 6.92 Å². The van der Waals surface area contributed by atoms with Gasteiger partial charge in [-0.2, -0.15) is 0 Å². The number of halogens is 1. The van der Waals surface area contributed by atoms with Crippen LogP contribution < -0.4 is 21.5 Å². The van der Waals surface area contributed by atoms with Crippen molar-refractivity contribution in [1.82, 2.24) is 0 Å². The van der Waals surface area contributed by atoms with Crippen molar-refractivity contribution in [2.24, 2.45) is 5.41 Å². The summed E-state index contributed by atoms with van der Waals surface area (Å²) < 4.78 is 12.9. The summed E-state index contributed by atoms with van der Waals surface area (Å²) in [6, 6.07) is 6.04. The van der Waals surface area contributed by atoms with Crippen molar-refractivity contribution in [2.75, 3.05) is 10.6 Å². The fourth-order valence-electron chi connectivity index (χ4n) is 1.92. The molecule has 2 aromatic rings. The van der Waals surface area contributed by atoms with Crippen molar-refractivity contribution < 1.29 is 4.39 Å². The van der Waals surface area contributed by atoms with Crippen LogP contribution in [0.1, 0.15) is 33.3 Å². The largest absolute Gasteiger partial charge is 0.377 e. The van der Waals surface area contributed by atoms with Crippen LogP contribution in [0, 0.1) is 11.2 Å². The summed E-state index contributed by atoms with van der Waals surface area (Å²) >= 11 is 0. The van der Waals surface area contributed by atoms with E-state index in [1.54, 1.807) is 12.1 Å². The smallest absolute Gasteiger partial charge is 0.253 e. The molecule has 0 amide bonds. The van der Waals surface area contributed by atoms with E-state index < -0.39 is 10.9 Å². The molecule has 0 heterocycles. The maximum Gasteiger partial charge on any atom is 0.253 e. The monoisotopic (exact) mass is 304 g/mol. The van der Waals surface area contributed by atoms with E-state index >= 15 is 0 Å². The molecule has 0 radical (unpaired) electrons. The second kappa shape index (κ2) is 5.91. The topological polar surface area (TPSA) is 58.2 Å². The SMILES string of the molecule is CC(Nc1c(NCc2ccc(F)cc2)c(=O)c1=O)C(C)(C)C. The number of hydrogen-bond donors (Lipinski definition) is 2. The molecule has 118 valence electrons. The van der Waals surface area contributed by atoms with E-state index in [2.05, 4.69) is 31.4 Å². The minimum absolute atomic E-state index is 0.0337. The van der Waals surface area contributed by atoms with Gasteiger partial charge in [0.05, 0.1) is 0 Å². The molecule has 2 rings (SSSR count). The third-order valence-electron chi connectivity index (χ3n) is 3.95. The van der Waals surface area contributed by atoms with Gasteiger partial charge in [0.25, 0.3) is 10.9 Å². The summed E-state index contributed by atoms with van der Waals surface area (Å²) in [5.41, 5.74) is 0.459. The maximum absolute atomic E-state index is 12.9. The van der Waals surface area contributed by atoms with Crippen LogP contribution in [0.2, 0.25) is 0 Å². The maximum atomic E-state index is 12.9. The van der Waals surface area contributed by atoms with Crippen molar-refractivity contribution in [2.45, 2.75) is 40.3 Å². The minimum atomic E-state index is -0.509. The van der Waals surface area contributed by atoms with Gasteiger partial charge >= 0.3 is 0 Å². The van der Waals surface area contributed by atoms with Gasteiger partial charge in [-0.1, -0.05) is 32.9 Å². The molecule has 22 heavy (non-hydrogen) atoms. The highest BCUT2D eigenvalue weighted by Crippen LogP contribution is 2.24. The number of benzene rings is 1. The molecule has 0 aromatic heterocycles. The third kappa shape index (κ3) is 3.35. The quantitative estimate of drug-likeness (QED) is 0.834. The Kier molecular flexibility index (Phi) is 4.35. The molecule has 1 atom stereocenters. The first-order chi connectivity index (χ1) is 10.2. The summed E-state index contributed by atoms with van der Waals surface area (Å²) in [4.78, 5) is 23.4. The Labute approximate surface area is 129 Å². The normalized spacial score (nSPS) is 13.1. The summed E-state index contributed by atoms with van der Waals surface area (Å²) in [6.45, 7) is 8.51. The molecule has 0 spiro atoms. The molecule has 0 aliphatic carbocycles. The van der Waals surface area contributed by atoms with Gasteiger partial charge in [-0.25, -0.2) is 4.39 Å². The lowest BCUT2D eigenvalue weighted by Gasteiger charge is -2.30. The second-order valence-corrected chi connectivity index (χ2v) is 6.62. The van der Waals surface area contributed by atoms with Gasteiger partial charge in [0.2, 0.25) is 0 Å². The molecular weight excluding hydrogens is 283 g/mol. The van der Waals surface area contributed by atoms with Crippen LogP contribution in [-0.4, -0.2) is 6.04 Å². The van der Waals surface area contributed by atoms with Crippen molar-refractivity contribution in [3.63, 3.8) is 0 Å². The van der Waals surface area contributed by atoms with Crippen LogP contribution in [0.3, 0.4) is 0 Å². The summed E-state index contributed by atoms with van der Waals surface area (Å²) in [5, 5.41) is 6.08. The lowest BCUT2D eigenvalue weighted by Crippen LogP contribution is -2.41. The van der Waals surface area contributed by atoms with Crippen LogP contribution in [0.15, 0.2) is 33.9 Å². The van der Waals surface area contributed by atoms with Crippen LogP contribution in [-0.2, 0) is 6.54 Å². The summed E-state index contributed by atoms with van der Waals surface area (Å²) in [6.07, 6.45) is 0. The van der Waals surface area contributed by atoms with Gasteiger partial charge < -0.3 is 10.6 Å². The van der Waals surface area contributed by atoms with E-state index in [0.29, 0.717) is 17.9 Å². The lowest BCUT2D eigenvalue weighted by atomic mass is 9.87. The van der Waals surface area contributed by atoms with Gasteiger partial charge in [-0.05, 0) is 30.0 Å². The number of rotatable bonds is 5. The highest BCUT2D eigenvalue weighted by Gasteiger charge is 2.26. The van der Waals surface area contributed by atoms with Crippen LogP contribution in [0.4, 0.5) is 15.8 Å². The zero-order chi connectivity index (χ0) is 16.5. The Morgan fingerprint density at radius 3 is 2.14 bits per heavy atom. The molecule has 4 nitrogen and oxygen atoms in total. The standard InChI is InChI=1S/C17H21FN2O2/c1-10(17(2,3)4)20-14-13(15(21)16(14)22)19-9-11-5-7-12(18)8-6-11/h5-8,10,19-20H,9H2,1-4H3. The second-order valence-electron chi connectivity index (χ2n) is 6.62. The molecule has 0 fully saturated rings. The van der Waals surface area contributed by atoms with Crippen molar-refractivity contribution in [3.8, 4) is 0 Å². The summed E-state index contributed by atoms with van der Waals surface area (Å²) in [7, 11) is 0. The van der Waals surface area contributed by atoms with Gasteiger partial charge in [0.1, 0.15) is 17.2 Å². The van der Waals surface area contributed by atoms with Gasteiger partial charge in [0, 0.05) is 12.6 Å². The van der Waals surface area contributed by atoms with Crippen LogP contribution in [0.25, 0.3) is 0 Å². The Bertz CT molecular complexity index is 723. The molecule has 0 aliphatic rings. The third-order valence-corrected chi connectivity index (χ3v) is 3.95. The molecule has 2 N–H and O–H groups in total. The number of hydrogen-bond acceptors (Lipinski definition) is 4. The van der Waals surface area contributed by atoms with Crippen LogP contribution >= 0.6 is 0 Å². The average Bonchev–Trinajstić information content (AvgIpc) is 2.46. The molecular formula is C17H21FN2O2. The molecule has 0 saturated carbocycles. The Balaban J connectivity index is 2.09. The minimum Gasteiger partial charge on any atom is -0.377 e. The van der Waals surface area contributed by atoms with Crippen molar-refractivity contribution >= 4 is 11.4 Å². The van der Waals surface area contributed by atoms with E-state index in [9.17, 15) is 14.0 Å². The first-order valence-corrected chi connectivity index (χ1v) is 7.28.